The Morgan fingerprint density at radius 2 is 1.33 bits per heavy atom. The minimum atomic E-state index is 0.100. The van der Waals surface area contributed by atoms with Gasteiger partial charge in [0, 0.05) is 7.11 Å². The van der Waals surface area contributed by atoms with Crippen molar-refractivity contribution in [1.29, 1.82) is 0 Å². The van der Waals surface area contributed by atoms with Crippen LogP contribution in [0.1, 0.15) is 52.4 Å². The van der Waals surface area contributed by atoms with Crippen LogP contribution in [-0.4, -0.2) is 12.7 Å². The highest BCUT2D eigenvalue weighted by Gasteiger charge is 2.57. The first-order valence-corrected chi connectivity index (χ1v) is 6.60. The van der Waals surface area contributed by atoms with Crippen LogP contribution in [0, 0.1) is 23.2 Å². The molecule has 0 amide bonds. The summed E-state index contributed by atoms with van der Waals surface area (Å²) in [6.45, 7) is 4.64. The highest BCUT2D eigenvalue weighted by Crippen LogP contribution is 2.64. The fourth-order valence-corrected chi connectivity index (χ4v) is 5.06. The predicted molar refractivity (Wildman–Crippen MR) is 61.7 cm³/mol. The molecule has 0 radical (unpaired) electrons. The van der Waals surface area contributed by atoms with Crippen molar-refractivity contribution >= 4 is 0 Å². The molecule has 15 heavy (non-hydrogen) atoms. The zero-order valence-corrected chi connectivity index (χ0v) is 10.4. The molecular formula is C14H24O. The molecule has 1 heteroatoms. The Morgan fingerprint density at radius 3 is 1.67 bits per heavy atom. The number of hydrogen-bond acceptors (Lipinski definition) is 1. The summed E-state index contributed by atoms with van der Waals surface area (Å²) in [7, 11) is 1.90. The summed E-state index contributed by atoms with van der Waals surface area (Å²) in [4.78, 5) is 0. The summed E-state index contributed by atoms with van der Waals surface area (Å²) < 4.78 is 5.82. The molecule has 0 spiro atoms. The van der Waals surface area contributed by atoms with Crippen LogP contribution in [-0.2, 0) is 4.74 Å². The third-order valence-electron chi connectivity index (χ3n) is 5.83. The Bertz CT molecular complexity index is 231. The van der Waals surface area contributed by atoms with Crippen molar-refractivity contribution in [2.75, 3.05) is 7.11 Å². The molecule has 4 bridgehead atoms. The van der Waals surface area contributed by atoms with Crippen molar-refractivity contribution in [1.82, 2.24) is 0 Å². The second kappa shape index (κ2) is 3.00. The molecule has 0 aromatic carbocycles. The fourth-order valence-electron chi connectivity index (χ4n) is 5.06. The van der Waals surface area contributed by atoms with Crippen LogP contribution in [0.25, 0.3) is 0 Å². The summed E-state index contributed by atoms with van der Waals surface area (Å²) >= 11 is 0. The van der Waals surface area contributed by atoms with Crippen molar-refractivity contribution in [2.24, 2.45) is 23.2 Å². The van der Waals surface area contributed by atoms with Gasteiger partial charge in [0.05, 0.1) is 5.60 Å². The van der Waals surface area contributed by atoms with E-state index in [0.717, 1.165) is 17.8 Å². The summed E-state index contributed by atoms with van der Waals surface area (Å²) in [6, 6.07) is 0. The molecule has 0 aliphatic heterocycles. The summed E-state index contributed by atoms with van der Waals surface area (Å²) in [6.07, 6.45) is 8.91. The fraction of sp³-hybridized carbons (Fsp3) is 1.00. The Balaban J connectivity index is 1.93. The van der Waals surface area contributed by atoms with Crippen molar-refractivity contribution in [2.45, 2.75) is 58.0 Å². The minimum absolute atomic E-state index is 0.100. The first-order valence-electron chi connectivity index (χ1n) is 6.60. The molecule has 1 nitrogen and oxygen atoms in total. The lowest BCUT2D eigenvalue weighted by Crippen LogP contribution is -2.56. The average molecular weight is 208 g/mol. The highest BCUT2D eigenvalue weighted by molar-refractivity contribution is 5.07. The molecule has 0 N–H and O–H groups in total. The first-order chi connectivity index (χ1) is 7.05. The Hall–Kier alpha value is -0.0400. The molecule has 0 heterocycles. The van der Waals surface area contributed by atoms with Crippen LogP contribution in [0.4, 0.5) is 0 Å². The molecule has 4 aliphatic carbocycles. The van der Waals surface area contributed by atoms with Gasteiger partial charge in [-0.15, -0.1) is 0 Å². The first kappa shape index (κ1) is 10.1. The quantitative estimate of drug-likeness (QED) is 0.673. The summed E-state index contributed by atoms with van der Waals surface area (Å²) in [5.41, 5.74) is 0.625. The largest absolute Gasteiger partial charge is 0.378 e. The highest BCUT2D eigenvalue weighted by atomic mass is 16.5. The standard InChI is InChI=1S/C14H24O/c1-13(2,15-3)14-7-10-4-11(8-14)6-12(5-10)9-14/h10-12H,4-9H2,1-3H3. The lowest BCUT2D eigenvalue weighted by molar-refractivity contribution is -0.176. The van der Waals surface area contributed by atoms with E-state index in [0.29, 0.717) is 5.41 Å². The SMILES string of the molecule is COC(C)(C)C12CC3CC(CC(C3)C1)C2. The zero-order chi connectivity index (χ0) is 10.7. The topological polar surface area (TPSA) is 9.23 Å². The second-order valence-corrected chi connectivity index (χ2v) is 6.91. The van der Waals surface area contributed by atoms with Gasteiger partial charge in [0.25, 0.3) is 0 Å². The van der Waals surface area contributed by atoms with Crippen LogP contribution in [0.2, 0.25) is 0 Å². The van der Waals surface area contributed by atoms with E-state index in [9.17, 15) is 0 Å². The Morgan fingerprint density at radius 1 is 0.933 bits per heavy atom. The lowest BCUT2D eigenvalue weighted by Gasteiger charge is -2.61. The Labute approximate surface area is 93.6 Å². The van der Waals surface area contributed by atoms with Gasteiger partial charge in [0.1, 0.15) is 0 Å². The van der Waals surface area contributed by atoms with Crippen LogP contribution < -0.4 is 0 Å². The molecule has 0 aromatic rings. The normalized spacial score (nSPS) is 48.6. The van der Waals surface area contributed by atoms with E-state index in [1.807, 2.05) is 7.11 Å². The van der Waals surface area contributed by atoms with Crippen molar-refractivity contribution < 1.29 is 4.74 Å². The molecule has 86 valence electrons. The minimum Gasteiger partial charge on any atom is -0.378 e. The third kappa shape index (κ3) is 1.32. The van der Waals surface area contributed by atoms with Crippen LogP contribution >= 0.6 is 0 Å². The molecule has 0 atom stereocenters. The van der Waals surface area contributed by atoms with E-state index >= 15 is 0 Å². The maximum absolute atomic E-state index is 5.82. The van der Waals surface area contributed by atoms with E-state index in [1.165, 1.54) is 38.5 Å². The van der Waals surface area contributed by atoms with Gasteiger partial charge >= 0.3 is 0 Å². The van der Waals surface area contributed by atoms with Gasteiger partial charge in [0.15, 0.2) is 0 Å². The number of hydrogen-bond donors (Lipinski definition) is 0. The molecule has 4 rings (SSSR count). The van der Waals surface area contributed by atoms with Gasteiger partial charge < -0.3 is 4.74 Å². The Kier molecular flexibility index (Phi) is 2.03. The molecular weight excluding hydrogens is 184 g/mol. The molecule has 4 saturated carbocycles. The maximum Gasteiger partial charge on any atom is 0.0678 e. The van der Waals surface area contributed by atoms with E-state index < -0.39 is 0 Å². The second-order valence-electron chi connectivity index (χ2n) is 6.91. The smallest absolute Gasteiger partial charge is 0.0678 e. The van der Waals surface area contributed by atoms with Gasteiger partial charge in [-0.1, -0.05) is 0 Å². The van der Waals surface area contributed by atoms with Gasteiger partial charge in [-0.3, -0.25) is 0 Å². The molecule has 0 unspecified atom stereocenters. The number of methoxy groups -OCH3 is 1. The molecule has 0 saturated heterocycles. The van der Waals surface area contributed by atoms with Crippen LogP contribution in [0.5, 0.6) is 0 Å². The van der Waals surface area contributed by atoms with Crippen LogP contribution in [0.3, 0.4) is 0 Å². The zero-order valence-electron chi connectivity index (χ0n) is 10.4. The monoisotopic (exact) mass is 208 g/mol. The predicted octanol–water partition coefficient (Wildman–Crippen LogP) is 3.63. The molecule has 4 fully saturated rings. The van der Waals surface area contributed by atoms with Gasteiger partial charge in [0.2, 0.25) is 0 Å². The van der Waals surface area contributed by atoms with Crippen molar-refractivity contribution in [3.8, 4) is 0 Å². The lowest BCUT2D eigenvalue weighted by atomic mass is 9.46. The van der Waals surface area contributed by atoms with Gasteiger partial charge in [-0.2, -0.15) is 0 Å². The van der Waals surface area contributed by atoms with Gasteiger partial charge in [-0.05, 0) is 75.5 Å². The van der Waals surface area contributed by atoms with E-state index in [-0.39, 0.29) is 5.60 Å². The summed E-state index contributed by atoms with van der Waals surface area (Å²) in [5, 5.41) is 0. The third-order valence-corrected chi connectivity index (χ3v) is 5.83. The maximum atomic E-state index is 5.82. The van der Waals surface area contributed by atoms with Gasteiger partial charge in [-0.25, -0.2) is 0 Å². The van der Waals surface area contributed by atoms with E-state index in [4.69, 9.17) is 4.74 Å². The van der Waals surface area contributed by atoms with Crippen molar-refractivity contribution in [3.63, 3.8) is 0 Å². The molecule has 4 aliphatic rings. The average Bonchev–Trinajstić information content (AvgIpc) is 2.15. The number of rotatable bonds is 2. The molecule has 0 aromatic heterocycles. The van der Waals surface area contributed by atoms with E-state index in [2.05, 4.69) is 13.8 Å². The number of ether oxygens (including phenoxy) is 1. The summed E-state index contributed by atoms with van der Waals surface area (Å²) in [5.74, 6) is 3.10. The van der Waals surface area contributed by atoms with Crippen LogP contribution in [0.15, 0.2) is 0 Å². The van der Waals surface area contributed by atoms with E-state index in [1.54, 1.807) is 0 Å². The van der Waals surface area contributed by atoms with Crippen molar-refractivity contribution in [3.05, 3.63) is 0 Å².